The number of aromatic nitrogens is 2. The Labute approximate surface area is 95.7 Å². The lowest BCUT2D eigenvalue weighted by atomic mass is 10.2. The molecule has 0 aliphatic carbocycles. The Morgan fingerprint density at radius 3 is 2.81 bits per heavy atom. The van der Waals surface area contributed by atoms with Gasteiger partial charge in [0.15, 0.2) is 0 Å². The first-order chi connectivity index (χ1) is 7.90. The SMILES string of the molecule is OCCCN1CCCN(c2cncnc2)C1. The fourth-order valence-corrected chi connectivity index (χ4v) is 2.01. The molecule has 5 heteroatoms. The molecule has 1 aliphatic rings. The monoisotopic (exact) mass is 222 g/mol. The van der Waals surface area contributed by atoms with Gasteiger partial charge >= 0.3 is 0 Å². The molecule has 1 aliphatic heterocycles. The van der Waals surface area contributed by atoms with Gasteiger partial charge < -0.3 is 10.0 Å². The third kappa shape index (κ3) is 2.90. The van der Waals surface area contributed by atoms with E-state index in [4.69, 9.17) is 5.11 Å². The smallest absolute Gasteiger partial charge is 0.115 e. The topological polar surface area (TPSA) is 52.5 Å². The lowest BCUT2D eigenvalue weighted by Crippen LogP contribution is -2.45. The van der Waals surface area contributed by atoms with Crippen LogP contribution in [0.3, 0.4) is 0 Å². The number of aliphatic hydroxyl groups excluding tert-OH is 1. The maximum atomic E-state index is 8.82. The van der Waals surface area contributed by atoms with Crippen molar-refractivity contribution in [2.75, 3.05) is 37.8 Å². The second-order valence-corrected chi connectivity index (χ2v) is 4.05. The number of aliphatic hydroxyl groups is 1. The van der Waals surface area contributed by atoms with Crippen molar-refractivity contribution in [1.82, 2.24) is 14.9 Å². The molecular weight excluding hydrogens is 204 g/mol. The Balaban J connectivity index is 1.91. The van der Waals surface area contributed by atoms with Crippen LogP contribution >= 0.6 is 0 Å². The fourth-order valence-electron chi connectivity index (χ4n) is 2.01. The number of nitrogens with zero attached hydrogens (tertiary/aromatic N) is 4. The van der Waals surface area contributed by atoms with Gasteiger partial charge in [-0.3, -0.25) is 4.90 Å². The van der Waals surface area contributed by atoms with E-state index in [-0.39, 0.29) is 6.61 Å². The highest BCUT2D eigenvalue weighted by Crippen LogP contribution is 2.15. The van der Waals surface area contributed by atoms with Crippen LogP contribution in [-0.4, -0.2) is 52.9 Å². The largest absolute Gasteiger partial charge is 0.396 e. The number of hydrogen-bond acceptors (Lipinski definition) is 5. The van der Waals surface area contributed by atoms with E-state index in [2.05, 4.69) is 19.8 Å². The fraction of sp³-hybridized carbons (Fsp3) is 0.636. The third-order valence-electron chi connectivity index (χ3n) is 2.82. The highest BCUT2D eigenvalue weighted by atomic mass is 16.3. The first kappa shape index (κ1) is 11.3. The van der Waals surface area contributed by atoms with Gasteiger partial charge in [-0.2, -0.15) is 0 Å². The molecule has 1 saturated heterocycles. The first-order valence-corrected chi connectivity index (χ1v) is 5.73. The number of anilines is 1. The summed E-state index contributed by atoms with van der Waals surface area (Å²) in [4.78, 5) is 12.7. The van der Waals surface area contributed by atoms with Gasteiger partial charge in [0.05, 0.1) is 24.7 Å². The maximum absolute atomic E-state index is 8.82. The minimum Gasteiger partial charge on any atom is -0.396 e. The molecule has 5 nitrogen and oxygen atoms in total. The van der Waals surface area contributed by atoms with E-state index < -0.39 is 0 Å². The zero-order valence-electron chi connectivity index (χ0n) is 9.42. The summed E-state index contributed by atoms with van der Waals surface area (Å²) in [7, 11) is 0. The third-order valence-corrected chi connectivity index (χ3v) is 2.82. The van der Waals surface area contributed by atoms with E-state index in [9.17, 15) is 0 Å². The second kappa shape index (κ2) is 5.77. The first-order valence-electron chi connectivity index (χ1n) is 5.73. The van der Waals surface area contributed by atoms with Crippen LogP contribution in [0.15, 0.2) is 18.7 Å². The summed E-state index contributed by atoms with van der Waals surface area (Å²) in [5.41, 5.74) is 1.08. The van der Waals surface area contributed by atoms with E-state index in [0.717, 1.165) is 44.8 Å². The molecule has 0 radical (unpaired) electrons. The Kier molecular flexibility index (Phi) is 4.07. The number of rotatable bonds is 4. The van der Waals surface area contributed by atoms with Gasteiger partial charge in [-0.15, -0.1) is 0 Å². The van der Waals surface area contributed by atoms with Crippen LogP contribution in [0, 0.1) is 0 Å². The molecule has 0 amide bonds. The van der Waals surface area contributed by atoms with Crippen molar-refractivity contribution >= 4 is 5.69 Å². The normalized spacial score (nSPS) is 17.7. The molecule has 0 spiro atoms. The van der Waals surface area contributed by atoms with Crippen LogP contribution in [0.25, 0.3) is 0 Å². The molecule has 0 aromatic carbocycles. The highest BCUT2D eigenvalue weighted by Gasteiger charge is 2.17. The molecule has 0 atom stereocenters. The van der Waals surface area contributed by atoms with Gasteiger partial charge in [-0.25, -0.2) is 9.97 Å². The molecule has 0 saturated carbocycles. The molecule has 1 N–H and O–H groups in total. The maximum Gasteiger partial charge on any atom is 0.115 e. The van der Waals surface area contributed by atoms with Gasteiger partial charge in [0.2, 0.25) is 0 Å². The lowest BCUT2D eigenvalue weighted by Gasteiger charge is -2.36. The van der Waals surface area contributed by atoms with Crippen LogP contribution in [0.5, 0.6) is 0 Å². The summed E-state index contributed by atoms with van der Waals surface area (Å²) < 4.78 is 0. The molecule has 0 bridgehead atoms. The van der Waals surface area contributed by atoms with Crippen molar-refractivity contribution in [1.29, 1.82) is 0 Å². The Morgan fingerprint density at radius 2 is 2.06 bits per heavy atom. The lowest BCUT2D eigenvalue weighted by molar-refractivity contribution is 0.206. The van der Waals surface area contributed by atoms with Crippen LogP contribution in [0.2, 0.25) is 0 Å². The van der Waals surface area contributed by atoms with Crippen LogP contribution in [-0.2, 0) is 0 Å². The zero-order valence-corrected chi connectivity index (χ0v) is 9.42. The van der Waals surface area contributed by atoms with Crippen molar-refractivity contribution in [2.24, 2.45) is 0 Å². The molecule has 2 rings (SSSR count). The molecule has 1 aromatic rings. The van der Waals surface area contributed by atoms with Crippen LogP contribution in [0.1, 0.15) is 12.8 Å². The molecule has 1 fully saturated rings. The van der Waals surface area contributed by atoms with Gasteiger partial charge in [-0.05, 0) is 12.8 Å². The van der Waals surface area contributed by atoms with Crippen LogP contribution in [0.4, 0.5) is 5.69 Å². The zero-order chi connectivity index (χ0) is 11.2. The minimum absolute atomic E-state index is 0.269. The molecule has 88 valence electrons. The minimum atomic E-state index is 0.269. The summed E-state index contributed by atoms with van der Waals surface area (Å²) in [6, 6.07) is 0. The molecule has 16 heavy (non-hydrogen) atoms. The summed E-state index contributed by atoms with van der Waals surface area (Å²) >= 11 is 0. The van der Waals surface area contributed by atoms with E-state index in [1.54, 1.807) is 6.33 Å². The van der Waals surface area contributed by atoms with Gasteiger partial charge in [0.1, 0.15) is 6.33 Å². The van der Waals surface area contributed by atoms with Gasteiger partial charge in [-0.1, -0.05) is 0 Å². The summed E-state index contributed by atoms with van der Waals surface area (Å²) in [5.74, 6) is 0. The Hall–Kier alpha value is -1.20. The van der Waals surface area contributed by atoms with Crippen LogP contribution < -0.4 is 4.90 Å². The summed E-state index contributed by atoms with van der Waals surface area (Å²) in [6.45, 7) is 4.31. The number of hydrogen-bond donors (Lipinski definition) is 1. The summed E-state index contributed by atoms with van der Waals surface area (Å²) in [6.07, 6.45) is 7.25. The van der Waals surface area contributed by atoms with Crippen molar-refractivity contribution in [2.45, 2.75) is 12.8 Å². The quantitative estimate of drug-likeness (QED) is 0.795. The van der Waals surface area contributed by atoms with Gasteiger partial charge in [0.25, 0.3) is 0 Å². The molecule has 1 aromatic heterocycles. The predicted octanol–water partition coefficient (Wildman–Crippen LogP) is 0.329. The van der Waals surface area contributed by atoms with Crippen molar-refractivity contribution in [3.05, 3.63) is 18.7 Å². The van der Waals surface area contributed by atoms with Crippen molar-refractivity contribution in [3.63, 3.8) is 0 Å². The van der Waals surface area contributed by atoms with E-state index in [1.165, 1.54) is 0 Å². The van der Waals surface area contributed by atoms with Gasteiger partial charge in [0, 0.05) is 26.2 Å². The molecule has 0 unspecified atom stereocenters. The van der Waals surface area contributed by atoms with E-state index in [1.807, 2.05) is 12.4 Å². The van der Waals surface area contributed by atoms with Crippen molar-refractivity contribution < 1.29 is 5.11 Å². The van der Waals surface area contributed by atoms with E-state index in [0.29, 0.717) is 0 Å². The summed E-state index contributed by atoms with van der Waals surface area (Å²) in [5, 5.41) is 8.82. The second-order valence-electron chi connectivity index (χ2n) is 4.05. The molecular formula is C11H18N4O. The highest BCUT2D eigenvalue weighted by molar-refractivity contribution is 5.41. The molecule has 2 heterocycles. The Bertz CT molecular complexity index is 306. The average Bonchev–Trinajstić information content (AvgIpc) is 2.38. The standard InChI is InChI=1S/C11H18N4O/c16-6-2-4-14-3-1-5-15(10-14)11-7-12-9-13-8-11/h7-9,16H,1-6,10H2. The predicted molar refractivity (Wildman–Crippen MR) is 62.1 cm³/mol. The van der Waals surface area contributed by atoms with E-state index >= 15 is 0 Å². The Morgan fingerprint density at radius 1 is 1.25 bits per heavy atom. The average molecular weight is 222 g/mol. The van der Waals surface area contributed by atoms with Crippen molar-refractivity contribution in [3.8, 4) is 0 Å².